The van der Waals surface area contributed by atoms with Crippen LogP contribution in [0.5, 0.6) is 0 Å². The molecule has 1 aromatic rings. The Hall–Kier alpha value is -0.830. The lowest BCUT2D eigenvalue weighted by Gasteiger charge is -2.21. The zero-order chi connectivity index (χ0) is 16.9. The molecule has 7 heteroatoms. The minimum absolute atomic E-state index is 0. The maximum atomic E-state index is 4.63. The second-order valence-electron chi connectivity index (χ2n) is 5.74. The molecule has 0 fully saturated rings. The first-order valence-corrected chi connectivity index (χ1v) is 8.94. The molecule has 0 aliphatic heterocycles. The van der Waals surface area contributed by atoms with Crippen LogP contribution in [0.2, 0.25) is 0 Å². The summed E-state index contributed by atoms with van der Waals surface area (Å²) in [6.07, 6.45) is 6.12. The van der Waals surface area contributed by atoms with Gasteiger partial charge in [0.1, 0.15) is 0 Å². The number of aliphatic imine (C=N–C) groups is 1. The first-order valence-electron chi connectivity index (χ1n) is 8.94. The first-order chi connectivity index (χ1) is 11.2. The van der Waals surface area contributed by atoms with Gasteiger partial charge in [-0.15, -0.1) is 24.0 Å². The summed E-state index contributed by atoms with van der Waals surface area (Å²) in [5.74, 6) is 0.898. The molecule has 0 spiro atoms. The van der Waals surface area contributed by atoms with E-state index in [1.165, 1.54) is 13.0 Å². The Morgan fingerprint density at radius 2 is 2.04 bits per heavy atom. The fraction of sp³-hybridized carbons (Fsp3) is 0.765. The van der Waals surface area contributed by atoms with Crippen LogP contribution in [0.4, 0.5) is 0 Å². The number of aromatic nitrogens is 2. The number of nitrogens with one attached hydrogen (secondary N) is 2. The second kappa shape index (κ2) is 14.5. The molecule has 0 saturated heterocycles. The van der Waals surface area contributed by atoms with Crippen molar-refractivity contribution in [2.75, 3.05) is 32.7 Å². The lowest BCUT2D eigenvalue weighted by Crippen LogP contribution is -2.42. The largest absolute Gasteiger partial charge is 0.357 e. The molecule has 0 aliphatic rings. The van der Waals surface area contributed by atoms with Crippen LogP contribution in [0, 0.1) is 0 Å². The molecule has 0 saturated carbocycles. The van der Waals surface area contributed by atoms with E-state index in [0.717, 1.165) is 45.1 Å². The Kier molecular flexibility index (Phi) is 14.0. The smallest absolute Gasteiger partial charge is 0.191 e. The van der Waals surface area contributed by atoms with E-state index in [4.69, 9.17) is 0 Å². The van der Waals surface area contributed by atoms with E-state index in [-0.39, 0.29) is 24.0 Å². The van der Waals surface area contributed by atoms with E-state index < -0.39 is 0 Å². The van der Waals surface area contributed by atoms with Crippen LogP contribution >= 0.6 is 24.0 Å². The van der Waals surface area contributed by atoms with Gasteiger partial charge in [0, 0.05) is 25.0 Å². The average molecular weight is 450 g/mol. The number of nitrogens with zero attached hydrogens (tertiary/aromatic N) is 4. The van der Waals surface area contributed by atoms with Crippen LogP contribution in [0.3, 0.4) is 0 Å². The summed E-state index contributed by atoms with van der Waals surface area (Å²) in [7, 11) is 0. The Morgan fingerprint density at radius 3 is 2.62 bits per heavy atom. The fourth-order valence-corrected chi connectivity index (χ4v) is 2.48. The molecule has 1 rings (SSSR count). The quantitative estimate of drug-likeness (QED) is 0.309. The van der Waals surface area contributed by atoms with Gasteiger partial charge < -0.3 is 15.5 Å². The van der Waals surface area contributed by atoms with Crippen molar-refractivity contribution in [1.82, 2.24) is 25.3 Å². The van der Waals surface area contributed by atoms with E-state index >= 15 is 0 Å². The van der Waals surface area contributed by atoms with E-state index in [1.54, 1.807) is 6.20 Å². The lowest BCUT2D eigenvalue weighted by atomic mass is 10.2. The van der Waals surface area contributed by atoms with Crippen molar-refractivity contribution in [1.29, 1.82) is 0 Å². The number of halogens is 1. The van der Waals surface area contributed by atoms with Gasteiger partial charge in [-0.1, -0.05) is 13.8 Å². The molecule has 1 atom stereocenters. The summed E-state index contributed by atoms with van der Waals surface area (Å²) in [5.41, 5.74) is 0. The SMILES string of the molecule is CCNC(=NCCn1cccn1)NC(C)CCCN(CC)CC.I. The van der Waals surface area contributed by atoms with E-state index in [1.807, 2.05) is 16.9 Å². The van der Waals surface area contributed by atoms with E-state index in [0.29, 0.717) is 6.04 Å². The van der Waals surface area contributed by atoms with Crippen molar-refractivity contribution in [3.05, 3.63) is 18.5 Å². The molecule has 0 aromatic carbocycles. The maximum absolute atomic E-state index is 4.63. The highest BCUT2D eigenvalue weighted by Crippen LogP contribution is 1.99. The van der Waals surface area contributed by atoms with Crippen molar-refractivity contribution in [2.45, 2.75) is 53.1 Å². The summed E-state index contributed by atoms with van der Waals surface area (Å²) in [6.45, 7) is 14.6. The number of hydrogen-bond acceptors (Lipinski definition) is 3. The van der Waals surface area contributed by atoms with Gasteiger partial charge in [-0.05, 0) is 52.4 Å². The third kappa shape index (κ3) is 10.1. The van der Waals surface area contributed by atoms with Gasteiger partial charge in [0.25, 0.3) is 0 Å². The zero-order valence-electron chi connectivity index (χ0n) is 15.7. The Bertz CT molecular complexity index is 417. The van der Waals surface area contributed by atoms with Crippen molar-refractivity contribution in [2.24, 2.45) is 4.99 Å². The normalized spacial score (nSPS) is 12.8. The number of hydrogen-bond donors (Lipinski definition) is 2. The maximum Gasteiger partial charge on any atom is 0.191 e. The Morgan fingerprint density at radius 1 is 1.29 bits per heavy atom. The first kappa shape index (κ1) is 23.2. The molecule has 2 N–H and O–H groups in total. The van der Waals surface area contributed by atoms with Gasteiger partial charge in [-0.25, -0.2) is 0 Å². The molecule has 0 radical (unpaired) electrons. The topological polar surface area (TPSA) is 57.5 Å². The number of rotatable bonds is 11. The summed E-state index contributed by atoms with van der Waals surface area (Å²) in [5, 5.41) is 11.0. The van der Waals surface area contributed by atoms with Gasteiger partial charge in [0.15, 0.2) is 5.96 Å². The van der Waals surface area contributed by atoms with Gasteiger partial charge >= 0.3 is 0 Å². The minimum atomic E-state index is 0. The van der Waals surface area contributed by atoms with E-state index in [9.17, 15) is 0 Å². The van der Waals surface area contributed by atoms with Crippen LogP contribution in [0.1, 0.15) is 40.5 Å². The highest BCUT2D eigenvalue weighted by atomic mass is 127. The third-order valence-electron chi connectivity index (χ3n) is 3.89. The summed E-state index contributed by atoms with van der Waals surface area (Å²) in [4.78, 5) is 7.10. The molecule has 6 nitrogen and oxygen atoms in total. The predicted molar refractivity (Wildman–Crippen MR) is 113 cm³/mol. The predicted octanol–water partition coefficient (Wildman–Crippen LogP) is 2.57. The van der Waals surface area contributed by atoms with Crippen LogP contribution in [-0.2, 0) is 6.54 Å². The fourth-order valence-electron chi connectivity index (χ4n) is 2.48. The monoisotopic (exact) mass is 450 g/mol. The van der Waals surface area contributed by atoms with Crippen molar-refractivity contribution in [3.63, 3.8) is 0 Å². The molecular formula is C17H35IN6. The van der Waals surface area contributed by atoms with Crippen LogP contribution in [0.15, 0.2) is 23.5 Å². The summed E-state index contributed by atoms with van der Waals surface area (Å²) in [6, 6.07) is 2.36. The molecular weight excluding hydrogens is 415 g/mol. The summed E-state index contributed by atoms with van der Waals surface area (Å²) < 4.78 is 1.90. The van der Waals surface area contributed by atoms with Crippen LogP contribution in [0.25, 0.3) is 0 Å². The Balaban J connectivity index is 0.00000529. The van der Waals surface area contributed by atoms with Gasteiger partial charge in [0.05, 0.1) is 13.1 Å². The van der Waals surface area contributed by atoms with E-state index in [2.05, 4.69) is 53.3 Å². The van der Waals surface area contributed by atoms with Gasteiger partial charge in [-0.3, -0.25) is 9.67 Å². The van der Waals surface area contributed by atoms with Crippen molar-refractivity contribution >= 4 is 29.9 Å². The Labute approximate surface area is 164 Å². The minimum Gasteiger partial charge on any atom is -0.357 e. The van der Waals surface area contributed by atoms with Crippen molar-refractivity contribution < 1.29 is 0 Å². The molecule has 1 aromatic heterocycles. The lowest BCUT2D eigenvalue weighted by molar-refractivity contribution is 0.292. The molecule has 1 unspecified atom stereocenters. The van der Waals surface area contributed by atoms with Gasteiger partial charge in [-0.2, -0.15) is 5.10 Å². The molecule has 1 heterocycles. The van der Waals surface area contributed by atoms with Gasteiger partial charge in [0.2, 0.25) is 0 Å². The molecule has 140 valence electrons. The van der Waals surface area contributed by atoms with Crippen LogP contribution < -0.4 is 10.6 Å². The molecule has 24 heavy (non-hydrogen) atoms. The molecule has 0 amide bonds. The number of guanidine groups is 1. The molecule has 0 bridgehead atoms. The second-order valence-corrected chi connectivity index (χ2v) is 5.74. The van der Waals surface area contributed by atoms with Crippen molar-refractivity contribution in [3.8, 4) is 0 Å². The average Bonchev–Trinajstić information content (AvgIpc) is 3.05. The third-order valence-corrected chi connectivity index (χ3v) is 3.89. The zero-order valence-corrected chi connectivity index (χ0v) is 18.0. The molecule has 0 aliphatic carbocycles. The standard InChI is InChI=1S/C17H34N6.HI/c1-5-18-17(19-12-15-23-14-9-11-20-23)21-16(4)10-8-13-22(6-2)7-3;/h9,11,14,16H,5-8,10,12-13,15H2,1-4H3,(H2,18,19,21);1H. The highest BCUT2D eigenvalue weighted by Gasteiger charge is 2.06. The summed E-state index contributed by atoms with van der Waals surface area (Å²) >= 11 is 0. The van der Waals surface area contributed by atoms with Crippen LogP contribution in [-0.4, -0.2) is 59.4 Å². The highest BCUT2D eigenvalue weighted by molar-refractivity contribution is 14.0.